The molecule has 0 saturated heterocycles. The summed E-state index contributed by atoms with van der Waals surface area (Å²) in [7, 11) is 0. The summed E-state index contributed by atoms with van der Waals surface area (Å²) < 4.78 is 10.8. The van der Waals surface area contributed by atoms with Crippen molar-refractivity contribution in [2.24, 2.45) is 0 Å². The fourth-order valence-corrected chi connectivity index (χ4v) is 3.08. The molecule has 2 aromatic carbocycles. The van der Waals surface area contributed by atoms with Crippen LogP contribution in [0.15, 0.2) is 94.0 Å². The van der Waals surface area contributed by atoms with Crippen LogP contribution in [0, 0.1) is 0 Å². The van der Waals surface area contributed by atoms with Crippen LogP contribution in [0.1, 0.15) is 26.7 Å². The van der Waals surface area contributed by atoms with E-state index >= 15 is 0 Å². The van der Waals surface area contributed by atoms with Crippen molar-refractivity contribution in [3.05, 3.63) is 107 Å². The predicted octanol–water partition coefficient (Wildman–Crippen LogP) is 6.34. The molecule has 0 aliphatic heterocycles. The minimum absolute atomic E-state index is 0.193. The Hall–Kier alpha value is -3.83. The average molecular weight is 418 g/mol. The van der Waals surface area contributed by atoms with Gasteiger partial charge < -0.3 is 14.2 Å². The maximum atomic E-state index is 12.5. The molecule has 6 heteroatoms. The third kappa shape index (κ3) is 4.42. The van der Waals surface area contributed by atoms with E-state index in [1.807, 2.05) is 18.2 Å². The van der Waals surface area contributed by atoms with Crippen molar-refractivity contribution in [2.45, 2.75) is 0 Å². The zero-order valence-electron chi connectivity index (χ0n) is 15.7. The van der Waals surface area contributed by atoms with Crippen molar-refractivity contribution < 1.29 is 18.4 Å². The number of hydrogen-bond donors (Lipinski definition) is 1. The Morgan fingerprint density at radius 2 is 1.80 bits per heavy atom. The minimum atomic E-state index is -0.386. The summed E-state index contributed by atoms with van der Waals surface area (Å²) in [5.74, 6) is 0.734. The van der Waals surface area contributed by atoms with Crippen LogP contribution < -0.4 is 5.32 Å². The number of ketones is 1. The molecule has 1 amide bonds. The smallest absolute Gasteiger partial charge is 0.291 e. The third-order valence-corrected chi connectivity index (χ3v) is 4.64. The van der Waals surface area contributed by atoms with E-state index in [-0.39, 0.29) is 17.5 Å². The predicted molar refractivity (Wildman–Crippen MR) is 116 cm³/mol. The van der Waals surface area contributed by atoms with Gasteiger partial charge in [-0.3, -0.25) is 9.59 Å². The molecule has 2 heterocycles. The van der Waals surface area contributed by atoms with Gasteiger partial charge in [-0.2, -0.15) is 0 Å². The Balaban J connectivity index is 1.46. The zero-order chi connectivity index (χ0) is 20.9. The maximum absolute atomic E-state index is 12.5. The van der Waals surface area contributed by atoms with E-state index in [2.05, 4.69) is 5.32 Å². The highest BCUT2D eigenvalue weighted by molar-refractivity contribution is 6.33. The first-order chi connectivity index (χ1) is 14.6. The number of hydrogen-bond acceptors (Lipinski definition) is 4. The number of anilines is 1. The van der Waals surface area contributed by atoms with Crippen LogP contribution >= 0.6 is 11.6 Å². The molecule has 30 heavy (non-hydrogen) atoms. The van der Waals surface area contributed by atoms with Gasteiger partial charge in [-0.1, -0.05) is 35.9 Å². The molecule has 148 valence electrons. The maximum Gasteiger partial charge on any atom is 0.291 e. The van der Waals surface area contributed by atoms with Gasteiger partial charge in [-0.25, -0.2) is 0 Å². The first-order valence-electron chi connectivity index (χ1n) is 9.12. The largest absolute Gasteiger partial charge is 0.459 e. The van der Waals surface area contributed by atoms with Gasteiger partial charge >= 0.3 is 0 Å². The van der Waals surface area contributed by atoms with E-state index < -0.39 is 0 Å². The van der Waals surface area contributed by atoms with E-state index in [1.54, 1.807) is 60.7 Å². The molecule has 0 atom stereocenters. The van der Waals surface area contributed by atoms with Crippen molar-refractivity contribution in [1.29, 1.82) is 0 Å². The lowest BCUT2D eigenvalue weighted by atomic mass is 10.1. The molecule has 0 radical (unpaired) electrons. The third-order valence-electron chi connectivity index (χ3n) is 4.31. The van der Waals surface area contributed by atoms with Gasteiger partial charge in [0.1, 0.15) is 11.5 Å². The fourth-order valence-electron chi connectivity index (χ4n) is 2.85. The van der Waals surface area contributed by atoms with Gasteiger partial charge in [-0.05, 0) is 60.7 Å². The van der Waals surface area contributed by atoms with E-state index in [0.717, 1.165) is 5.56 Å². The highest BCUT2D eigenvalue weighted by Gasteiger charge is 2.11. The molecule has 0 bridgehead atoms. The van der Waals surface area contributed by atoms with Crippen molar-refractivity contribution in [2.75, 3.05) is 5.32 Å². The summed E-state index contributed by atoms with van der Waals surface area (Å²) in [6, 6.07) is 20.8. The summed E-state index contributed by atoms with van der Waals surface area (Å²) in [6.07, 6.45) is 4.44. The second kappa shape index (κ2) is 8.68. The second-order valence-electron chi connectivity index (χ2n) is 6.39. The van der Waals surface area contributed by atoms with Crippen molar-refractivity contribution >= 4 is 35.1 Å². The Labute approximate surface area is 177 Å². The van der Waals surface area contributed by atoms with Crippen molar-refractivity contribution in [3.63, 3.8) is 0 Å². The molecule has 0 aliphatic carbocycles. The molecule has 0 unspecified atom stereocenters. The number of halogens is 1. The monoisotopic (exact) mass is 417 g/mol. The lowest BCUT2D eigenvalue weighted by Crippen LogP contribution is -2.11. The number of nitrogens with one attached hydrogen (secondary N) is 1. The molecule has 4 rings (SSSR count). The average Bonchev–Trinajstić information content (AvgIpc) is 3.45. The number of furan rings is 2. The molecule has 0 fully saturated rings. The lowest BCUT2D eigenvalue weighted by molar-refractivity contribution is 0.0994. The van der Waals surface area contributed by atoms with E-state index in [0.29, 0.717) is 27.8 Å². The molecule has 0 aliphatic rings. The van der Waals surface area contributed by atoms with E-state index in [4.69, 9.17) is 20.4 Å². The standard InChI is InChI=1S/C24H16ClNO4/c25-20-8-2-1-7-19(20)22-13-11-18(30-22)10-12-21(27)16-5-3-6-17(15-16)26-24(28)23-9-4-14-29-23/h1-15H,(H,26,28). The van der Waals surface area contributed by atoms with Crippen molar-refractivity contribution in [3.8, 4) is 11.3 Å². The van der Waals surface area contributed by atoms with Crippen LogP contribution in [-0.4, -0.2) is 11.7 Å². The number of benzene rings is 2. The van der Waals surface area contributed by atoms with Crippen LogP contribution in [0.3, 0.4) is 0 Å². The Morgan fingerprint density at radius 1 is 0.933 bits per heavy atom. The minimum Gasteiger partial charge on any atom is -0.459 e. The number of carbonyl (C=O) groups is 2. The fraction of sp³-hybridized carbons (Fsp3) is 0. The van der Waals surface area contributed by atoms with Gasteiger partial charge in [0.2, 0.25) is 0 Å². The quantitative estimate of drug-likeness (QED) is 0.293. The zero-order valence-corrected chi connectivity index (χ0v) is 16.4. The van der Waals surface area contributed by atoms with Gasteiger partial charge in [0, 0.05) is 16.8 Å². The number of rotatable bonds is 6. The van der Waals surface area contributed by atoms with Crippen LogP contribution in [0.4, 0.5) is 5.69 Å². The lowest BCUT2D eigenvalue weighted by Gasteiger charge is -2.04. The van der Waals surface area contributed by atoms with Gasteiger partial charge in [-0.15, -0.1) is 0 Å². The first kappa shape index (κ1) is 19.5. The topological polar surface area (TPSA) is 72.5 Å². The van der Waals surface area contributed by atoms with Gasteiger partial charge in [0.05, 0.1) is 11.3 Å². The SMILES string of the molecule is O=C(C=Cc1ccc(-c2ccccc2Cl)o1)c1cccc(NC(=O)c2ccco2)c1. The van der Waals surface area contributed by atoms with Crippen LogP contribution in [0.25, 0.3) is 17.4 Å². The van der Waals surface area contributed by atoms with Crippen molar-refractivity contribution in [1.82, 2.24) is 0 Å². The highest BCUT2D eigenvalue weighted by Crippen LogP contribution is 2.29. The van der Waals surface area contributed by atoms with E-state index in [1.165, 1.54) is 12.3 Å². The summed E-state index contributed by atoms with van der Waals surface area (Å²) in [4.78, 5) is 24.6. The normalized spacial score (nSPS) is 11.0. The Kier molecular flexibility index (Phi) is 5.63. The number of amides is 1. The number of carbonyl (C=O) groups excluding carboxylic acids is 2. The molecular weight excluding hydrogens is 402 g/mol. The summed E-state index contributed by atoms with van der Waals surface area (Å²) >= 11 is 6.19. The molecule has 2 aromatic heterocycles. The molecule has 5 nitrogen and oxygen atoms in total. The molecule has 4 aromatic rings. The van der Waals surface area contributed by atoms with Gasteiger partial charge in [0.15, 0.2) is 11.5 Å². The Morgan fingerprint density at radius 3 is 2.60 bits per heavy atom. The van der Waals surface area contributed by atoms with Crippen LogP contribution in [0.5, 0.6) is 0 Å². The molecule has 0 spiro atoms. The van der Waals surface area contributed by atoms with Gasteiger partial charge in [0.25, 0.3) is 5.91 Å². The second-order valence-corrected chi connectivity index (χ2v) is 6.80. The summed E-state index contributed by atoms with van der Waals surface area (Å²) in [5, 5.41) is 3.29. The first-order valence-corrected chi connectivity index (χ1v) is 9.50. The number of allylic oxidation sites excluding steroid dienone is 1. The van der Waals surface area contributed by atoms with Crippen LogP contribution in [-0.2, 0) is 0 Å². The molecule has 0 saturated carbocycles. The molecular formula is C24H16ClNO4. The highest BCUT2D eigenvalue weighted by atomic mass is 35.5. The van der Waals surface area contributed by atoms with E-state index in [9.17, 15) is 9.59 Å². The Bertz CT molecular complexity index is 1220. The summed E-state index contributed by atoms with van der Waals surface area (Å²) in [6.45, 7) is 0. The molecule has 1 N–H and O–H groups in total. The summed E-state index contributed by atoms with van der Waals surface area (Å²) in [5.41, 5.74) is 1.71. The van der Waals surface area contributed by atoms with Crippen LogP contribution in [0.2, 0.25) is 5.02 Å².